The molecule has 1 fully saturated rings. The number of hydrogen-bond acceptors (Lipinski definition) is 5. The molecule has 7 nitrogen and oxygen atoms in total. The quantitative estimate of drug-likeness (QED) is 0.863. The number of carboxylic acids is 1. The van der Waals surface area contributed by atoms with Gasteiger partial charge < -0.3 is 24.2 Å². The number of aliphatic carboxylic acids is 1. The van der Waals surface area contributed by atoms with Gasteiger partial charge in [-0.15, -0.1) is 0 Å². The summed E-state index contributed by atoms with van der Waals surface area (Å²) in [6.07, 6.45) is 0.0539. The second-order valence-corrected chi connectivity index (χ2v) is 6.26. The van der Waals surface area contributed by atoms with Crippen LogP contribution in [0, 0.1) is 5.92 Å². The zero-order chi connectivity index (χ0) is 17.8. The molecule has 1 aromatic rings. The predicted octanol–water partition coefficient (Wildman–Crippen LogP) is 1.34. The average molecular weight is 349 g/mol. The number of amides is 1. The number of carboxylic acid groups (broad SMARTS) is 1. The van der Waals surface area contributed by atoms with E-state index >= 15 is 0 Å². The minimum absolute atomic E-state index is 0.00819. The Kier molecular flexibility index (Phi) is 5.43. The molecule has 0 unspecified atom stereocenters. The van der Waals surface area contributed by atoms with Gasteiger partial charge in [0.05, 0.1) is 31.7 Å². The van der Waals surface area contributed by atoms with Crippen molar-refractivity contribution in [2.24, 2.45) is 5.92 Å². The van der Waals surface area contributed by atoms with Gasteiger partial charge in [-0.05, 0) is 25.0 Å². The Bertz CT molecular complexity index is 646. The Hall–Kier alpha value is -2.28. The summed E-state index contributed by atoms with van der Waals surface area (Å²) in [6.45, 7) is 3.94. The highest BCUT2D eigenvalue weighted by Gasteiger charge is 2.33. The number of hydrogen-bond donors (Lipinski definition) is 1. The second-order valence-electron chi connectivity index (χ2n) is 6.26. The maximum Gasteiger partial charge on any atom is 0.306 e. The van der Waals surface area contributed by atoms with E-state index in [0.29, 0.717) is 45.1 Å². The first-order valence-electron chi connectivity index (χ1n) is 8.58. The Morgan fingerprint density at radius 1 is 1.40 bits per heavy atom. The summed E-state index contributed by atoms with van der Waals surface area (Å²) in [6, 6.07) is 5.71. The monoisotopic (exact) mass is 349 g/mol. The molecular formula is C18H23NO6. The van der Waals surface area contributed by atoms with Crippen molar-refractivity contribution in [3.8, 4) is 11.5 Å². The van der Waals surface area contributed by atoms with E-state index in [4.69, 9.17) is 19.3 Å². The molecule has 7 heteroatoms. The molecule has 2 aliphatic heterocycles. The van der Waals surface area contributed by atoms with E-state index in [-0.39, 0.29) is 18.2 Å². The van der Waals surface area contributed by atoms with Crippen LogP contribution in [0.1, 0.15) is 18.9 Å². The summed E-state index contributed by atoms with van der Waals surface area (Å²) in [7, 11) is 0. The molecule has 0 saturated carbocycles. The Morgan fingerprint density at radius 2 is 2.24 bits per heavy atom. The van der Waals surface area contributed by atoms with Crippen LogP contribution in [0.3, 0.4) is 0 Å². The fraction of sp³-hybridized carbons (Fsp3) is 0.556. The van der Waals surface area contributed by atoms with Crippen LogP contribution >= 0.6 is 0 Å². The van der Waals surface area contributed by atoms with Gasteiger partial charge in [-0.1, -0.05) is 12.1 Å². The fourth-order valence-corrected chi connectivity index (χ4v) is 3.32. The minimum Gasteiger partial charge on any atom is -0.490 e. The number of ether oxygens (including phenoxy) is 3. The summed E-state index contributed by atoms with van der Waals surface area (Å²) in [5.41, 5.74) is 0.964. The van der Waals surface area contributed by atoms with Gasteiger partial charge in [0.15, 0.2) is 11.5 Å². The number of para-hydroxylation sites is 1. The third-order valence-corrected chi connectivity index (χ3v) is 4.46. The van der Waals surface area contributed by atoms with E-state index in [2.05, 4.69) is 0 Å². The van der Waals surface area contributed by atoms with Crippen LogP contribution in [0.2, 0.25) is 0 Å². The summed E-state index contributed by atoms with van der Waals surface area (Å²) in [5.74, 6) is 0.231. The normalized spacial score (nSPS) is 22.7. The van der Waals surface area contributed by atoms with Gasteiger partial charge >= 0.3 is 5.97 Å². The molecule has 136 valence electrons. The molecule has 0 aromatic heterocycles. The minimum atomic E-state index is -0.919. The van der Waals surface area contributed by atoms with Crippen molar-refractivity contribution in [3.63, 3.8) is 0 Å². The Morgan fingerprint density at radius 3 is 3.00 bits per heavy atom. The van der Waals surface area contributed by atoms with Gasteiger partial charge in [-0.25, -0.2) is 0 Å². The number of rotatable bonds is 5. The molecule has 0 bridgehead atoms. The molecule has 0 aliphatic carbocycles. The van der Waals surface area contributed by atoms with E-state index < -0.39 is 12.1 Å². The van der Waals surface area contributed by atoms with Gasteiger partial charge in [0.25, 0.3) is 0 Å². The van der Waals surface area contributed by atoms with Crippen LogP contribution in [0.4, 0.5) is 0 Å². The fourth-order valence-electron chi connectivity index (χ4n) is 3.32. The van der Waals surface area contributed by atoms with Gasteiger partial charge in [0.1, 0.15) is 6.61 Å². The molecule has 2 atom stereocenters. The lowest BCUT2D eigenvalue weighted by molar-refractivity contribution is -0.150. The second kappa shape index (κ2) is 7.74. The van der Waals surface area contributed by atoms with Crippen LogP contribution in [0.5, 0.6) is 11.5 Å². The number of carbonyl (C=O) groups is 2. The van der Waals surface area contributed by atoms with Gasteiger partial charge in [0, 0.05) is 13.1 Å². The van der Waals surface area contributed by atoms with E-state index in [0.717, 1.165) is 11.3 Å². The van der Waals surface area contributed by atoms with E-state index in [1.54, 1.807) is 4.90 Å². The lowest BCUT2D eigenvalue weighted by Crippen LogP contribution is -2.50. The molecule has 25 heavy (non-hydrogen) atoms. The molecule has 0 radical (unpaired) electrons. The molecular weight excluding hydrogens is 326 g/mol. The van der Waals surface area contributed by atoms with E-state index in [9.17, 15) is 9.59 Å². The molecule has 1 N–H and O–H groups in total. The highest BCUT2D eigenvalue weighted by Crippen LogP contribution is 2.36. The highest BCUT2D eigenvalue weighted by atomic mass is 16.5. The van der Waals surface area contributed by atoms with Crippen LogP contribution in [-0.4, -0.2) is 60.9 Å². The van der Waals surface area contributed by atoms with Gasteiger partial charge in [-0.3, -0.25) is 9.59 Å². The molecule has 2 aliphatic rings. The van der Waals surface area contributed by atoms with Crippen LogP contribution in [0.25, 0.3) is 0 Å². The van der Waals surface area contributed by atoms with Crippen molar-refractivity contribution >= 4 is 11.9 Å². The maximum atomic E-state index is 12.8. The average Bonchev–Trinajstić information content (AvgIpc) is 2.61. The van der Waals surface area contributed by atoms with Crippen LogP contribution in [-0.2, 0) is 20.7 Å². The Balaban J connectivity index is 1.66. The highest BCUT2D eigenvalue weighted by molar-refractivity contribution is 5.80. The summed E-state index contributed by atoms with van der Waals surface area (Å²) in [5, 5.41) is 8.90. The van der Waals surface area contributed by atoms with E-state index in [1.807, 2.05) is 25.1 Å². The standard InChI is InChI=1S/C18H23NO6/c1-2-23-15-5-3-4-12-8-13(11-25-17(12)15)18(22)19-6-7-24-14(10-19)9-16(20)21/h3-5,13-14H,2,6-11H2,1H3,(H,20,21)/t13-,14+/m0/s1. The first-order chi connectivity index (χ1) is 12.1. The molecule has 1 saturated heterocycles. The first-order valence-corrected chi connectivity index (χ1v) is 8.58. The van der Waals surface area contributed by atoms with Crippen LogP contribution in [0.15, 0.2) is 18.2 Å². The summed E-state index contributed by atoms with van der Waals surface area (Å²) in [4.78, 5) is 25.4. The predicted molar refractivity (Wildman–Crippen MR) is 88.9 cm³/mol. The molecule has 1 aromatic carbocycles. The van der Waals surface area contributed by atoms with E-state index in [1.165, 1.54) is 0 Å². The SMILES string of the molecule is CCOc1cccc2c1OC[C@@H](C(=O)N1CCO[C@H](CC(=O)O)C1)C2. The maximum absolute atomic E-state index is 12.8. The van der Waals surface area contributed by atoms with Crippen molar-refractivity contribution in [2.75, 3.05) is 32.9 Å². The summed E-state index contributed by atoms with van der Waals surface area (Å²) >= 11 is 0. The third-order valence-electron chi connectivity index (χ3n) is 4.46. The largest absolute Gasteiger partial charge is 0.490 e. The lowest BCUT2D eigenvalue weighted by atomic mass is 9.94. The summed E-state index contributed by atoms with van der Waals surface area (Å²) < 4.78 is 16.8. The molecule has 3 rings (SSSR count). The zero-order valence-corrected chi connectivity index (χ0v) is 14.3. The molecule has 0 spiro atoms. The van der Waals surface area contributed by atoms with Crippen molar-refractivity contribution in [2.45, 2.75) is 25.9 Å². The van der Waals surface area contributed by atoms with Crippen molar-refractivity contribution in [1.82, 2.24) is 4.90 Å². The lowest BCUT2D eigenvalue weighted by Gasteiger charge is -2.36. The molecule has 2 heterocycles. The number of carbonyl (C=O) groups excluding carboxylic acids is 1. The van der Waals surface area contributed by atoms with Crippen molar-refractivity contribution in [1.29, 1.82) is 0 Å². The number of fused-ring (bicyclic) bond motifs is 1. The van der Waals surface area contributed by atoms with Gasteiger partial charge in [-0.2, -0.15) is 0 Å². The first kappa shape index (κ1) is 17.5. The van der Waals surface area contributed by atoms with Crippen molar-refractivity contribution < 1.29 is 28.9 Å². The third kappa shape index (κ3) is 4.04. The zero-order valence-electron chi connectivity index (χ0n) is 14.3. The topological polar surface area (TPSA) is 85.3 Å². The molecule has 1 amide bonds. The number of nitrogens with zero attached hydrogens (tertiary/aromatic N) is 1. The number of morpholine rings is 1. The van der Waals surface area contributed by atoms with Crippen LogP contribution < -0.4 is 9.47 Å². The van der Waals surface area contributed by atoms with Crippen molar-refractivity contribution in [3.05, 3.63) is 23.8 Å². The number of benzene rings is 1. The van der Waals surface area contributed by atoms with Gasteiger partial charge in [0.2, 0.25) is 5.91 Å². The smallest absolute Gasteiger partial charge is 0.306 e. The Labute approximate surface area is 146 Å².